The van der Waals surface area contributed by atoms with E-state index in [4.69, 9.17) is 11.0 Å². The van der Waals surface area contributed by atoms with Gasteiger partial charge in [-0.1, -0.05) is 6.92 Å². The van der Waals surface area contributed by atoms with Crippen LogP contribution in [0.25, 0.3) is 0 Å². The van der Waals surface area contributed by atoms with Crippen molar-refractivity contribution in [1.82, 2.24) is 4.90 Å². The fraction of sp³-hybridized carbons (Fsp3) is 0.571. The lowest BCUT2D eigenvalue weighted by molar-refractivity contribution is -0.137. The highest BCUT2D eigenvalue weighted by molar-refractivity contribution is 5.81. The molecule has 30 heavy (non-hydrogen) atoms. The molecule has 0 radical (unpaired) electrons. The van der Waals surface area contributed by atoms with E-state index in [-0.39, 0.29) is 23.7 Å². The summed E-state index contributed by atoms with van der Waals surface area (Å²) in [6.07, 6.45) is -2.82. The van der Waals surface area contributed by atoms with Gasteiger partial charge in [0.15, 0.2) is 0 Å². The van der Waals surface area contributed by atoms with Gasteiger partial charge in [0.2, 0.25) is 11.8 Å². The van der Waals surface area contributed by atoms with Crippen LogP contribution in [0.2, 0.25) is 0 Å². The van der Waals surface area contributed by atoms with Gasteiger partial charge in [0.05, 0.1) is 23.1 Å². The standard InChI is InChI=1S/C21H25F3N4O2/c1-2-19(29)28-11-16(17(12-28)20(26)30)13-5-7-27(8-6-13)15-4-3-14(10-25)18(9-15)21(22,23)24/h3-4,9,13,16-17H,2,5-8,11-12H2,1H3,(H2,26,30)/t16-,17+/m0/s1. The molecule has 1 aromatic rings. The summed E-state index contributed by atoms with van der Waals surface area (Å²) in [7, 11) is 0. The van der Waals surface area contributed by atoms with E-state index in [0.717, 1.165) is 6.07 Å². The van der Waals surface area contributed by atoms with E-state index in [1.54, 1.807) is 17.9 Å². The summed E-state index contributed by atoms with van der Waals surface area (Å²) in [5, 5.41) is 8.96. The van der Waals surface area contributed by atoms with Gasteiger partial charge in [-0.2, -0.15) is 18.4 Å². The predicted molar refractivity (Wildman–Crippen MR) is 104 cm³/mol. The van der Waals surface area contributed by atoms with Gasteiger partial charge >= 0.3 is 6.18 Å². The van der Waals surface area contributed by atoms with Crippen LogP contribution >= 0.6 is 0 Å². The summed E-state index contributed by atoms with van der Waals surface area (Å²) in [5.74, 6) is -0.640. The fourth-order valence-corrected chi connectivity index (χ4v) is 4.68. The molecular formula is C21H25F3N4O2. The van der Waals surface area contributed by atoms with Crippen molar-refractivity contribution in [2.24, 2.45) is 23.5 Å². The minimum atomic E-state index is -4.59. The zero-order valence-corrected chi connectivity index (χ0v) is 16.8. The van der Waals surface area contributed by atoms with Crippen molar-refractivity contribution < 1.29 is 22.8 Å². The number of nitrogens with two attached hydrogens (primary N) is 1. The molecule has 0 spiro atoms. The molecule has 1 aromatic carbocycles. The Morgan fingerprint density at radius 2 is 1.90 bits per heavy atom. The van der Waals surface area contributed by atoms with Crippen molar-refractivity contribution >= 4 is 17.5 Å². The topological polar surface area (TPSA) is 90.4 Å². The van der Waals surface area contributed by atoms with Crippen LogP contribution in [-0.2, 0) is 15.8 Å². The smallest absolute Gasteiger partial charge is 0.372 e. The highest BCUT2D eigenvalue weighted by atomic mass is 19.4. The first-order valence-corrected chi connectivity index (χ1v) is 10.1. The monoisotopic (exact) mass is 422 g/mol. The lowest BCUT2D eigenvalue weighted by atomic mass is 9.78. The normalized spacial score (nSPS) is 22.8. The molecule has 3 rings (SSSR count). The molecule has 0 aromatic heterocycles. The number of halogens is 3. The Bertz CT molecular complexity index is 857. The third-order valence-corrected chi connectivity index (χ3v) is 6.32. The number of hydrogen-bond donors (Lipinski definition) is 1. The van der Waals surface area contributed by atoms with E-state index < -0.39 is 23.2 Å². The molecular weight excluding hydrogens is 397 g/mol. The number of benzene rings is 1. The first kappa shape index (κ1) is 21.9. The van der Waals surface area contributed by atoms with Gasteiger partial charge in [0.1, 0.15) is 0 Å². The quantitative estimate of drug-likeness (QED) is 0.808. The SMILES string of the molecule is CCC(=O)N1C[C@@H](C(N)=O)[C@H](C2CCN(c3ccc(C#N)c(C(F)(F)F)c3)CC2)C1. The van der Waals surface area contributed by atoms with E-state index in [1.165, 1.54) is 12.1 Å². The van der Waals surface area contributed by atoms with Crippen LogP contribution in [0.3, 0.4) is 0 Å². The van der Waals surface area contributed by atoms with Crippen molar-refractivity contribution in [2.75, 3.05) is 31.1 Å². The molecule has 2 N–H and O–H groups in total. The van der Waals surface area contributed by atoms with Crippen molar-refractivity contribution in [3.8, 4) is 6.07 Å². The Morgan fingerprint density at radius 3 is 2.43 bits per heavy atom. The lowest BCUT2D eigenvalue weighted by Crippen LogP contribution is -2.40. The van der Waals surface area contributed by atoms with Crippen LogP contribution in [0.1, 0.15) is 37.3 Å². The van der Waals surface area contributed by atoms with Gasteiger partial charge in [0, 0.05) is 38.3 Å². The van der Waals surface area contributed by atoms with E-state index in [9.17, 15) is 22.8 Å². The van der Waals surface area contributed by atoms with Gasteiger partial charge in [-0.3, -0.25) is 9.59 Å². The number of anilines is 1. The second-order valence-corrected chi connectivity index (χ2v) is 7.99. The van der Waals surface area contributed by atoms with Gasteiger partial charge < -0.3 is 15.5 Å². The van der Waals surface area contributed by atoms with E-state index in [0.29, 0.717) is 51.1 Å². The number of primary amides is 1. The van der Waals surface area contributed by atoms with Crippen molar-refractivity contribution in [3.05, 3.63) is 29.3 Å². The molecule has 6 nitrogen and oxygen atoms in total. The molecule has 0 saturated carbocycles. The maximum atomic E-state index is 13.3. The van der Waals surface area contributed by atoms with Gasteiger partial charge in [-0.25, -0.2) is 0 Å². The lowest BCUT2D eigenvalue weighted by Gasteiger charge is -2.37. The summed E-state index contributed by atoms with van der Waals surface area (Å²) in [6.45, 7) is 3.70. The summed E-state index contributed by atoms with van der Waals surface area (Å²) in [5.41, 5.74) is 4.69. The average Bonchev–Trinajstić information content (AvgIpc) is 3.18. The molecule has 9 heteroatoms. The number of rotatable bonds is 4. The largest absolute Gasteiger partial charge is 0.417 e. The zero-order chi connectivity index (χ0) is 22.1. The van der Waals surface area contributed by atoms with Crippen LogP contribution < -0.4 is 10.6 Å². The van der Waals surface area contributed by atoms with Crippen LogP contribution in [0.5, 0.6) is 0 Å². The second-order valence-electron chi connectivity index (χ2n) is 7.99. The molecule has 2 atom stereocenters. The van der Waals surface area contributed by atoms with E-state index in [2.05, 4.69) is 0 Å². The van der Waals surface area contributed by atoms with Crippen LogP contribution in [0.15, 0.2) is 18.2 Å². The molecule has 2 aliphatic rings. The zero-order valence-electron chi connectivity index (χ0n) is 16.8. The number of likely N-dealkylation sites (tertiary alicyclic amines) is 1. The molecule has 2 saturated heterocycles. The Balaban J connectivity index is 1.71. The minimum absolute atomic E-state index is 0.00144. The average molecular weight is 422 g/mol. The summed E-state index contributed by atoms with van der Waals surface area (Å²) >= 11 is 0. The Morgan fingerprint density at radius 1 is 1.23 bits per heavy atom. The summed E-state index contributed by atoms with van der Waals surface area (Å²) in [6, 6.07) is 5.37. The molecule has 0 bridgehead atoms. The maximum absolute atomic E-state index is 13.3. The number of amides is 2. The molecule has 162 valence electrons. The number of nitrogens with zero attached hydrogens (tertiary/aromatic N) is 3. The molecule has 2 amide bonds. The van der Waals surface area contributed by atoms with Gasteiger partial charge in [-0.05, 0) is 42.9 Å². The van der Waals surface area contributed by atoms with Crippen LogP contribution in [0.4, 0.5) is 18.9 Å². The van der Waals surface area contributed by atoms with Crippen molar-refractivity contribution in [1.29, 1.82) is 5.26 Å². The van der Waals surface area contributed by atoms with Gasteiger partial charge in [0.25, 0.3) is 0 Å². The van der Waals surface area contributed by atoms with E-state index in [1.807, 2.05) is 4.90 Å². The Kier molecular flexibility index (Phi) is 6.25. The van der Waals surface area contributed by atoms with Crippen LogP contribution in [0, 0.1) is 29.1 Å². The highest BCUT2D eigenvalue weighted by Gasteiger charge is 2.43. The first-order valence-electron chi connectivity index (χ1n) is 10.1. The van der Waals surface area contributed by atoms with Crippen molar-refractivity contribution in [3.63, 3.8) is 0 Å². The number of alkyl halides is 3. The molecule has 2 fully saturated rings. The third-order valence-electron chi connectivity index (χ3n) is 6.32. The first-order chi connectivity index (χ1) is 14.2. The number of carbonyl (C=O) groups is 2. The molecule has 0 unspecified atom stereocenters. The fourth-order valence-electron chi connectivity index (χ4n) is 4.68. The Labute approximate surface area is 173 Å². The van der Waals surface area contributed by atoms with Crippen molar-refractivity contribution in [2.45, 2.75) is 32.4 Å². The second kappa shape index (κ2) is 8.54. The number of carbonyl (C=O) groups excluding carboxylic acids is 2. The minimum Gasteiger partial charge on any atom is -0.372 e. The maximum Gasteiger partial charge on any atom is 0.417 e. The summed E-state index contributed by atoms with van der Waals surface area (Å²) < 4.78 is 39.8. The Hall–Kier alpha value is -2.76. The van der Waals surface area contributed by atoms with Crippen LogP contribution in [-0.4, -0.2) is 42.9 Å². The molecule has 2 heterocycles. The van der Waals surface area contributed by atoms with Gasteiger partial charge in [-0.15, -0.1) is 0 Å². The number of hydrogen-bond acceptors (Lipinski definition) is 4. The molecule has 0 aliphatic carbocycles. The summed E-state index contributed by atoms with van der Waals surface area (Å²) in [4.78, 5) is 27.6. The third kappa shape index (κ3) is 4.37. The van der Waals surface area contributed by atoms with E-state index >= 15 is 0 Å². The number of nitriles is 1. The predicted octanol–water partition coefficient (Wildman–Crippen LogP) is 2.76. The number of piperidine rings is 1. The highest BCUT2D eigenvalue weighted by Crippen LogP contribution is 2.38. The molecule has 2 aliphatic heterocycles.